The average molecular weight is 640 g/mol. The number of aromatic nitrogens is 3. The highest BCUT2D eigenvalue weighted by Crippen LogP contribution is 2.46. The summed E-state index contributed by atoms with van der Waals surface area (Å²) in [5.41, 5.74) is 0.504. The highest BCUT2D eigenvalue weighted by molar-refractivity contribution is 6.34. The Morgan fingerprint density at radius 1 is 0.848 bits per heavy atom. The third kappa shape index (κ3) is 5.96. The molecule has 0 aliphatic carbocycles. The molecule has 1 fully saturated rings. The average Bonchev–Trinajstić information content (AvgIpc) is 3.59. The Kier molecular flexibility index (Phi) is 8.83. The van der Waals surface area contributed by atoms with E-state index in [-0.39, 0.29) is 22.9 Å². The Balaban J connectivity index is 1.44. The summed E-state index contributed by atoms with van der Waals surface area (Å²) in [4.78, 5) is 48.8. The number of esters is 3. The van der Waals surface area contributed by atoms with Crippen LogP contribution in [0.2, 0.25) is 5.15 Å². The predicted molar refractivity (Wildman–Crippen MR) is 168 cm³/mol. The standard InChI is InChI=1S/C35H30ClN3O7/c1-3-22-19-39(30-27(22)29(36)37-21-38-30)34-35(2,46-33(42)25-17-11-6-12-18-25)28(45-32(41)24-15-9-5-10-16-24)26(44-34)20-43-31(40)23-13-7-4-8-14-23/h4-19,21,26,28,34H,3,20H2,1-2H3. The topological polar surface area (TPSA) is 119 Å². The van der Waals surface area contributed by atoms with Gasteiger partial charge in [0.1, 0.15) is 29.8 Å². The minimum Gasteiger partial charge on any atom is -0.459 e. The van der Waals surface area contributed by atoms with Crippen LogP contribution in [0.5, 0.6) is 0 Å². The summed E-state index contributed by atoms with van der Waals surface area (Å²) in [5.74, 6) is -1.93. The highest BCUT2D eigenvalue weighted by Gasteiger charge is 2.60. The number of aryl methyl sites for hydroxylation is 1. The SMILES string of the molecule is CCc1cn(C2OC(COC(=O)c3ccccc3)C(OC(=O)c3ccccc3)C2(C)OC(=O)c2ccccc2)c2ncnc(Cl)c12. The lowest BCUT2D eigenvalue weighted by Gasteiger charge is -2.35. The first-order valence-electron chi connectivity index (χ1n) is 14.7. The van der Waals surface area contributed by atoms with Crippen molar-refractivity contribution in [3.63, 3.8) is 0 Å². The molecule has 3 aromatic carbocycles. The van der Waals surface area contributed by atoms with Crippen LogP contribution in [0.1, 0.15) is 56.7 Å². The van der Waals surface area contributed by atoms with Gasteiger partial charge in [0, 0.05) is 6.20 Å². The van der Waals surface area contributed by atoms with Crippen molar-refractivity contribution in [3.8, 4) is 0 Å². The molecular weight excluding hydrogens is 610 g/mol. The van der Waals surface area contributed by atoms with Crippen molar-refractivity contribution in [3.05, 3.63) is 131 Å². The molecule has 2 aromatic heterocycles. The molecule has 1 aliphatic heterocycles. The molecule has 4 atom stereocenters. The van der Waals surface area contributed by atoms with Crippen LogP contribution in [-0.4, -0.2) is 56.9 Å². The minimum atomic E-state index is -1.66. The fourth-order valence-electron chi connectivity index (χ4n) is 5.63. The van der Waals surface area contributed by atoms with Gasteiger partial charge in [0.05, 0.1) is 22.1 Å². The molecule has 46 heavy (non-hydrogen) atoms. The second-order valence-corrected chi connectivity index (χ2v) is 11.3. The Hall–Kier alpha value is -5.06. The van der Waals surface area contributed by atoms with Gasteiger partial charge in [-0.05, 0) is 55.3 Å². The Bertz CT molecular complexity index is 1870. The zero-order valence-electron chi connectivity index (χ0n) is 25.0. The maximum absolute atomic E-state index is 13.7. The lowest BCUT2D eigenvalue weighted by molar-refractivity contribution is -0.108. The second kappa shape index (κ2) is 13.1. The summed E-state index contributed by atoms with van der Waals surface area (Å²) in [6.07, 6.45) is 0.338. The van der Waals surface area contributed by atoms with Crippen LogP contribution in [0.4, 0.5) is 0 Å². The van der Waals surface area contributed by atoms with Crippen LogP contribution in [0, 0.1) is 0 Å². The van der Waals surface area contributed by atoms with Gasteiger partial charge in [-0.15, -0.1) is 0 Å². The van der Waals surface area contributed by atoms with Gasteiger partial charge >= 0.3 is 17.9 Å². The molecule has 0 bridgehead atoms. The molecule has 1 aliphatic rings. The summed E-state index contributed by atoms with van der Waals surface area (Å²) in [7, 11) is 0. The Morgan fingerprint density at radius 3 is 2.00 bits per heavy atom. The van der Waals surface area contributed by atoms with Crippen LogP contribution in [-0.2, 0) is 25.4 Å². The minimum absolute atomic E-state index is 0.252. The van der Waals surface area contributed by atoms with E-state index in [0.717, 1.165) is 5.56 Å². The van der Waals surface area contributed by atoms with Crippen LogP contribution in [0.3, 0.4) is 0 Å². The molecule has 0 radical (unpaired) electrons. The summed E-state index contributed by atoms with van der Waals surface area (Å²) in [6, 6.07) is 25.3. The molecule has 0 saturated carbocycles. The van der Waals surface area contributed by atoms with E-state index in [1.54, 1.807) is 109 Å². The lowest BCUT2D eigenvalue weighted by Crippen LogP contribution is -2.50. The molecular formula is C35H30ClN3O7. The zero-order chi connectivity index (χ0) is 32.3. The summed E-state index contributed by atoms with van der Waals surface area (Å²) < 4.78 is 26.3. The highest BCUT2D eigenvalue weighted by atomic mass is 35.5. The van der Waals surface area contributed by atoms with Crippen molar-refractivity contribution < 1.29 is 33.3 Å². The number of hydrogen-bond donors (Lipinski definition) is 0. The summed E-state index contributed by atoms with van der Waals surface area (Å²) >= 11 is 6.52. The maximum Gasteiger partial charge on any atom is 0.338 e. The van der Waals surface area contributed by atoms with Gasteiger partial charge in [0.2, 0.25) is 0 Å². The van der Waals surface area contributed by atoms with Gasteiger partial charge in [-0.3, -0.25) is 0 Å². The van der Waals surface area contributed by atoms with Crippen molar-refractivity contribution in [2.24, 2.45) is 0 Å². The number of hydrogen-bond acceptors (Lipinski definition) is 9. The number of ether oxygens (including phenoxy) is 4. The molecule has 11 heteroatoms. The van der Waals surface area contributed by atoms with Gasteiger partial charge in [-0.25, -0.2) is 24.4 Å². The normalized spacial score (nSPS) is 20.7. The van der Waals surface area contributed by atoms with E-state index in [1.807, 2.05) is 6.92 Å². The van der Waals surface area contributed by atoms with Gasteiger partial charge < -0.3 is 23.5 Å². The maximum atomic E-state index is 13.7. The molecule has 4 unspecified atom stereocenters. The van der Waals surface area contributed by atoms with Crippen molar-refractivity contribution in [1.82, 2.24) is 14.5 Å². The Morgan fingerprint density at radius 2 is 1.41 bits per heavy atom. The van der Waals surface area contributed by atoms with Crippen LogP contribution in [0.15, 0.2) is 104 Å². The number of nitrogens with zero attached hydrogens (tertiary/aromatic N) is 3. The van der Waals surface area contributed by atoms with E-state index in [2.05, 4.69) is 9.97 Å². The third-order valence-corrected chi connectivity index (χ3v) is 8.21. The largest absolute Gasteiger partial charge is 0.459 e. The van der Waals surface area contributed by atoms with Crippen molar-refractivity contribution in [2.45, 2.75) is 44.3 Å². The second-order valence-electron chi connectivity index (χ2n) is 10.9. The fraction of sp³-hybridized carbons (Fsp3) is 0.229. The molecule has 0 spiro atoms. The van der Waals surface area contributed by atoms with Crippen molar-refractivity contribution in [2.75, 3.05) is 6.61 Å². The fourth-order valence-corrected chi connectivity index (χ4v) is 5.87. The molecule has 234 valence electrons. The zero-order valence-corrected chi connectivity index (χ0v) is 25.8. The first-order chi connectivity index (χ1) is 22.3. The van der Waals surface area contributed by atoms with E-state index in [9.17, 15) is 14.4 Å². The Labute approximate surface area is 269 Å². The van der Waals surface area contributed by atoms with Crippen molar-refractivity contribution in [1.29, 1.82) is 0 Å². The number of fused-ring (bicyclic) bond motifs is 1. The lowest BCUT2D eigenvalue weighted by atomic mass is 9.95. The quantitative estimate of drug-likeness (QED) is 0.105. The first-order valence-corrected chi connectivity index (χ1v) is 15.1. The van der Waals surface area contributed by atoms with Crippen LogP contribution < -0.4 is 0 Å². The predicted octanol–water partition coefficient (Wildman–Crippen LogP) is 6.24. The van der Waals surface area contributed by atoms with Crippen LogP contribution in [0.25, 0.3) is 11.0 Å². The molecule has 0 amide bonds. The van der Waals surface area contributed by atoms with Crippen molar-refractivity contribution >= 4 is 40.5 Å². The molecule has 3 heterocycles. The van der Waals surface area contributed by atoms with Gasteiger partial charge in [-0.1, -0.05) is 73.1 Å². The van der Waals surface area contributed by atoms with Gasteiger partial charge in [0.15, 0.2) is 17.9 Å². The smallest absolute Gasteiger partial charge is 0.338 e. The first kappa shape index (κ1) is 30.9. The molecule has 1 saturated heterocycles. The monoisotopic (exact) mass is 639 g/mol. The third-order valence-electron chi connectivity index (χ3n) is 7.93. The van der Waals surface area contributed by atoms with E-state index >= 15 is 0 Å². The van der Waals surface area contributed by atoms with E-state index in [4.69, 9.17) is 30.5 Å². The van der Waals surface area contributed by atoms with Gasteiger partial charge in [0.25, 0.3) is 0 Å². The number of benzene rings is 3. The number of carbonyl (C=O) groups excluding carboxylic acids is 3. The van der Waals surface area contributed by atoms with E-state index in [1.165, 1.54) is 6.33 Å². The molecule has 0 N–H and O–H groups in total. The number of halogens is 1. The van der Waals surface area contributed by atoms with Crippen LogP contribution >= 0.6 is 11.6 Å². The molecule has 5 aromatic rings. The van der Waals surface area contributed by atoms with Gasteiger partial charge in [-0.2, -0.15) is 0 Å². The summed E-state index contributed by atoms with van der Waals surface area (Å²) in [5, 5.41) is 0.866. The van der Waals surface area contributed by atoms with E-state index in [0.29, 0.717) is 23.0 Å². The number of rotatable bonds is 9. The number of carbonyl (C=O) groups is 3. The molecule has 10 nitrogen and oxygen atoms in total. The van der Waals surface area contributed by atoms with E-state index < -0.39 is 41.9 Å². The molecule has 6 rings (SSSR count). The summed E-state index contributed by atoms with van der Waals surface area (Å²) in [6.45, 7) is 3.27.